The average molecular weight is 427 g/mol. The van der Waals surface area contributed by atoms with Crippen LogP contribution in [0.15, 0.2) is 18.2 Å². The molecular formula is C20H28Cl2N4O2. The van der Waals surface area contributed by atoms with Crippen LogP contribution in [0, 0.1) is 6.92 Å². The van der Waals surface area contributed by atoms with Crippen molar-refractivity contribution in [1.29, 1.82) is 0 Å². The molecule has 28 heavy (non-hydrogen) atoms. The van der Waals surface area contributed by atoms with Crippen LogP contribution in [0.4, 0.5) is 5.82 Å². The lowest BCUT2D eigenvalue weighted by molar-refractivity contribution is 0.297. The molecule has 0 aliphatic carbocycles. The molecule has 3 heterocycles. The number of nitrogens with one attached hydrogen (secondary N) is 2. The van der Waals surface area contributed by atoms with Crippen molar-refractivity contribution in [3.05, 3.63) is 40.8 Å². The molecule has 4 rings (SSSR count). The van der Waals surface area contributed by atoms with Gasteiger partial charge in [0.15, 0.2) is 11.5 Å². The number of rotatable bonds is 3. The van der Waals surface area contributed by atoms with Crippen molar-refractivity contribution < 1.29 is 9.47 Å². The van der Waals surface area contributed by atoms with E-state index in [0.29, 0.717) is 13.2 Å². The van der Waals surface area contributed by atoms with Crippen LogP contribution in [0.5, 0.6) is 11.5 Å². The Labute approximate surface area is 178 Å². The molecule has 8 heteroatoms. The first-order valence-corrected chi connectivity index (χ1v) is 9.44. The fourth-order valence-electron chi connectivity index (χ4n) is 3.53. The SMILES string of the molecule is Cc1nc2c(c(NC(C)c3ccc4c(c3)OCCCO4)n1)CCNCC2.Cl.Cl. The van der Waals surface area contributed by atoms with Crippen LogP contribution in [0.1, 0.15) is 42.0 Å². The van der Waals surface area contributed by atoms with Crippen LogP contribution >= 0.6 is 24.8 Å². The van der Waals surface area contributed by atoms with Crippen molar-refractivity contribution in [3.63, 3.8) is 0 Å². The minimum atomic E-state index is 0. The summed E-state index contributed by atoms with van der Waals surface area (Å²) in [6.07, 6.45) is 2.82. The van der Waals surface area contributed by atoms with E-state index in [1.807, 2.05) is 13.0 Å². The fourth-order valence-corrected chi connectivity index (χ4v) is 3.53. The van der Waals surface area contributed by atoms with Crippen LogP contribution in [0.3, 0.4) is 0 Å². The quantitative estimate of drug-likeness (QED) is 0.780. The average Bonchev–Trinajstić information content (AvgIpc) is 3.01. The highest BCUT2D eigenvalue weighted by Gasteiger charge is 2.19. The second-order valence-electron chi connectivity index (χ2n) is 6.92. The lowest BCUT2D eigenvalue weighted by atomic mass is 10.1. The van der Waals surface area contributed by atoms with Gasteiger partial charge in [-0.1, -0.05) is 6.07 Å². The number of benzene rings is 1. The highest BCUT2D eigenvalue weighted by molar-refractivity contribution is 5.85. The number of hydrogen-bond acceptors (Lipinski definition) is 6. The molecule has 2 N–H and O–H groups in total. The summed E-state index contributed by atoms with van der Waals surface area (Å²) in [6.45, 7) is 7.46. The number of nitrogens with zero attached hydrogens (tertiary/aromatic N) is 2. The number of fused-ring (bicyclic) bond motifs is 2. The van der Waals surface area contributed by atoms with E-state index in [2.05, 4.69) is 34.7 Å². The van der Waals surface area contributed by atoms with Gasteiger partial charge in [0.25, 0.3) is 0 Å². The third kappa shape index (κ3) is 4.99. The van der Waals surface area contributed by atoms with Gasteiger partial charge in [0.1, 0.15) is 11.6 Å². The second-order valence-corrected chi connectivity index (χ2v) is 6.92. The molecule has 2 aliphatic heterocycles. The maximum absolute atomic E-state index is 5.83. The summed E-state index contributed by atoms with van der Waals surface area (Å²) in [5.41, 5.74) is 3.56. The number of aromatic nitrogens is 2. The Hall–Kier alpha value is -1.76. The van der Waals surface area contributed by atoms with Gasteiger partial charge in [0.2, 0.25) is 0 Å². The summed E-state index contributed by atoms with van der Waals surface area (Å²) >= 11 is 0. The van der Waals surface area contributed by atoms with Crippen LogP contribution in [0.25, 0.3) is 0 Å². The molecule has 1 aromatic heterocycles. The van der Waals surface area contributed by atoms with E-state index in [0.717, 1.165) is 66.8 Å². The topological polar surface area (TPSA) is 68.3 Å². The lowest BCUT2D eigenvalue weighted by Gasteiger charge is -2.20. The summed E-state index contributed by atoms with van der Waals surface area (Å²) in [4.78, 5) is 9.34. The van der Waals surface area contributed by atoms with E-state index in [9.17, 15) is 0 Å². The van der Waals surface area contributed by atoms with Gasteiger partial charge in [-0.3, -0.25) is 0 Å². The molecular weight excluding hydrogens is 399 g/mol. The molecule has 0 radical (unpaired) electrons. The molecule has 1 atom stereocenters. The predicted octanol–water partition coefficient (Wildman–Crippen LogP) is 3.65. The number of aryl methyl sites for hydroxylation is 1. The summed E-state index contributed by atoms with van der Waals surface area (Å²) < 4.78 is 11.6. The van der Waals surface area contributed by atoms with Gasteiger partial charge in [-0.25, -0.2) is 9.97 Å². The van der Waals surface area contributed by atoms with Gasteiger partial charge in [-0.15, -0.1) is 24.8 Å². The minimum absolute atomic E-state index is 0. The Balaban J connectivity index is 0.00000140. The Morgan fingerprint density at radius 2 is 1.79 bits per heavy atom. The molecule has 0 spiro atoms. The lowest BCUT2D eigenvalue weighted by Crippen LogP contribution is -2.16. The van der Waals surface area contributed by atoms with Gasteiger partial charge < -0.3 is 20.1 Å². The second kappa shape index (κ2) is 10.1. The van der Waals surface area contributed by atoms with E-state index in [-0.39, 0.29) is 30.9 Å². The summed E-state index contributed by atoms with van der Waals surface area (Å²) in [5, 5.41) is 7.04. The molecule has 1 unspecified atom stereocenters. The van der Waals surface area contributed by atoms with Gasteiger partial charge in [-0.05, 0) is 44.5 Å². The van der Waals surface area contributed by atoms with Crippen molar-refractivity contribution in [2.24, 2.45) is 0 Å². The van der Waals surface area contributed by atoms with Crippen molar-refractivity contribution in [3.8, 4) is 11.5 Å². The minimum Gasteiger partial charge on any atom is -0.490 e. The normalized spacial score (nSPS) is 16.4. The molecule has 6 nitrogen and oxygen atoms in total. The highest BCUT2D eigenvalue weighted by atomic mass is 35.5. The van der Waals surface area contributed by atoms with Crippen molar-refractivity contribution in [2.75, 3.05) is 31.6 Å². The van der Waals surface area contributed by atoms with Gasteiger partial charge in [0.05, 0.1) is 24.9 Å². The first-order valence-electron chi connectivity index (χ1n) is 9.44. The van der Waals surface area contributed by atoms with Gasteiger partial charge >= 0.3 is 0 Å². The number of halogens is 2. The third-order valence-electron chi connectivity index (χ3n) is 4.92. The summed E-state index contributed by atoms with van der Waals surface area (Å²) in [6, 6.07) is 6.29. The van der Waals surface area contributed by atoms with E-state index in [4.69, 9.17) is 14.5 Å². The zero-order valence-electron chi connectivity index (χ0n) is 16.3. The first-order chi connectivity index (χ1) is 12.7. The highest BCUT2D eigenvalue weighted by Crippen LogP contribution is 2.33. The zero-order valence-corrected chi connectivity index (χ0v) is 17.9. The van der Waals surface area contributed by atoms with Crippen LogP contribution in [0.2, 0.25) is 0 Å². The van der Waals surface area contributed by atoms with E-state index in [1.165, 1.54) is 5.56 Å². The predicted molar refractivity (Wildman–Crippen MR) is 116 cm³/mol. The Morgan fingerprint density at radius 3 is 2.61 bits per heavy atom. The van der Waals surface area contributed by atoms with Gasteiger partial charge in [0, 0.05) is 24.9 Å². The molecule has 0 bridgehead atoms. The maximum atomic E-state index is 5.83. The monoisotopic (exact) mass is 426 g/mol. The van der Waals surface area contributed by atoms with E-state index in [1.54, 1.807) is 0 Å². The molecule has 154 valence electrons. The number of hydrogen-bond donors (Lipinski definition) is 2. The maximum Gasteiger partial charge on any atom is 0.161 e. The summed E-state index contributed by atoms with van der Waals surface area (Å²) in [5.74, 6) is 3.43. The Kier molecular flexibility index (Phi) is 8.16. The fraction of sp³-hybridized carbons (Fsp3) is 0.500. The van der Waals surface area contributed by atoms with E-state index < -0.39 is 0 Å². The van der Waals surface area contributed by atoms with E-state index >= 15 is 0 Å². The van der Waals surface area contributed by atoms with Crippen molar-refractivity contribution in [2.45, 2.75) is 39.2 Å². The Bertz CT molecular complexity index is 804. The molecule has 2 aliphatic rings. The largest absolute Gasteiger partial charge is 0.490 e. The molecule has 2 aromatic rings. The van der Waals surface area contributed by atoms with Crippen molar-refractivity contribution >= 4 is 30.6 Å². The third-order valence-corrected chi connectivity index (χ3v) is 4.92. The molecule has 0 fully saturated rings. The molecule has 0 saturated carbocycles. The standard InChI is InChI=1S/C20H26N4O2.2ClH/c1-13(15-4-5-18-19(12-15)26-11-3-10-25-18)22-20-16-6-8-21-9-7-17(16)23-14(2)24-20;;/h4-5,12-13,21H,3,6-11H2,1-2H3,(H,22,23,24);2*1H. The molecule has 1 aromatic carbocycles. The van der Waals surface area contributed by atoms with Crippen molar-refractivity contribution in [1.82, 2.24) is 15.3 Å². The summed E-state index contributed by atoms with van der Waals surface area (Å²) in [7, 11) is 0. The first kappa shape index (κ1) is 22.5. The zero-order chi connectivity index (χ0) is 17.9. The smallest absolute Gasteiger partial charge is 0.161 e. The van der Waals surface area contributed by atoms with Crippen LogP contribution < -0.4 is 20.1 Å². The van der Waals surface area contributed by atoms with Crippen LogP contribution in [-0.4, -0.2) is 36.3 Å². The molecule has 0 saturated heterocycles. The molecule has 0 amide bonds. The number of anilines is 1. The number of ether oxygens (including phenoxy) is 2. The Morgan fingerprint density at radius 1 is 1.04 bits per heavy atom. The van der Waals surface area contributed by atoms with Crippen LogP contribution in [-0.2, 0) is 12.8 Å². The van der Waals surface area contributed by atoms with Gasteiger partial charge in [-0.2, -0.15) is 0 Å².